The Morgan fingerprint density at radius 1 is 0.353 bits per heavy atom. The molecule has 0 N–H and O–H groups in total. The van der Waals surface area contributed by atoms with E-state index in [1.54, 1.807) is 50.4 Å². The van der Waals surface area contributed by atoms with Crippen molar-refractivity contribution in [2.75, 3.05) is 7.11 Å². The predicted molar refractivity (Wildman–Crippen MR) is 408 cm³/mol. The van der Waals surface area contributed by atoms with Gasteiger partial charge in [-0.15, -0.1) is 214 Å². The predicted octanol–water partition coefficient (Wildman–Crippen LogP) is 22.1. The first-order valence-corrected chi connectivity index (χ1v) is 32.2. The number of benzene rings is 8. The van der Waals surface area contributed by atoms with Crippen LogP contribution in [0, 0.1) is 43.3 Å². The maximum absolute atomic E-state index is 5.85. The van der Waals surface area contributed by atoms with Crippen LogP contribution in [0.15, 0.2) is 324 Å². The molecule has 14 aromatic rings. The maximum Gasteiger partial charge on any atom is 0.111 e. The van der Waals surface area contributed by atoms with Crippen molar-refractivity contribution in [3.63, 3.8) is 0 Å². The van der Waals surface area contributed by atoms with E-state index in [2.05, 4.69) is 174 Å². The summed E-state index contributed by atoms with van der Waals surface area (Å²) in [6.07, 6.45) is 16.2. The molecule has 8 aromatic carbocycles. The van der Waals surface area contributed by atoms with Crippen LogP contribution in [0.1, 0.15) is 54.2 Å². The third-order valence-corrected chi connectivity index (χ3v) is 15.0. The summed E-state index contributed by atoms with van der Waals surface area (Å²) in [4.78, 5) is 25.7. The minimum atomic E-state index is 0. The summed E-state index contributed by atoms with van der Waals surface area (Å²) < 4.78 is 11.0. The molecule has 0 spiro atoms. The van der Waals surface area contributed by atoms with E-state index in [-0.39, 0.29) is 65.7 Å². The van der Waals surface area contributed by atoms with E-state index >= 15 is 0 Å². The zero-order valence-electron chi connectivity index (χ0n) is 57.4. The molecule has 0 saturated heterocycles. The standard InChI is InChI=1S/C20H16NO.C19H14N.C15H16N.C13H10N.C12H10NO.C12H10N.3Ir/c1-2-16-9-11-17(12-10-16)15-22-19-7-5-6-18(14-19)20-8-3-4-13-21-20;1-2-15-9-11-16(12-10-15)17-6-5-7-18(14-17)19-8-3-4-13-20-19;1-15(2,3)13-9-7-12(8-10-13)14-6-4-5-11-16-14;1-2-11-6-8-12(9-7-11)13-5-3-4-10-14-13;1-14-11-6-4-5-10(9-11)12-7-2-3-8-13-12;1-10-5-7-11(8-6-10)12-4-2-3-9-13-12;;;/h2-5,7-14H,1,15H2;2-6,8-14H,1H2;4-7,9-11H,1-3H3;2-8,10H,1H2;2-4,6-9H,1H3;2-7,9H,1H3;;;/q6*-1;;;. The monoisotopic (exact) mass is 1860 g/mol. The van der Waals surface area contributed by atoms with Crippen molar-refractivity contribution in [3.8, 4) is 90.2 Å². The molecule has 0 aliphatic rings. The summed E-state index contributed by atoms with van der Waals surface area (Å²) in [7, 11) is 1.65. The van der Waals surface area contributed by atoms with E-state index in [1.165, 1.54) is 22.3 Å². The smallest absolute Gasteiger partial charge is 0.111 e. The Morgan fingerprint density at radius 2 is 0.725 bits per heavy atom. The van der Waals surface area contributed by atoms with Crippen molar-refractivity contribution in [1.29, 1.82) is 0 Å². The topological polar surface area (TPSA) is 95.8 Å². The third kappa shape index (κ3) is 25.9. The average Bonchev–Trinajstić information content (AvgIpc) is 0.844. The molecule has 0 saturated carbocycles. The van der Waals surface area contributed by atoms with Crippen LogP contribution in [-0.2, 0) is 72.3 Å². The minimum absolute atomic E-state index is 0. The van der Waals surface area contributed by atoms with Gasteiger partial charge in [0.1, 0.15) is 6.61 Å². The van der Waals surface area contributed by atoms with Crippen LogP contribution in [0.2, 0.25) is 0 Å². The number of ether oxygens (including phenoxy) is 2. The maximum atomic E-state index is 5.85. The SMILES string of the molecule is C=Cc1c[c-]c(-c2ccccn2)cc1.C=Cc1ccc(-c2cc[c-]c(-c3ccccn3)c2)cc1.C=Cc1ccc(COc2cc[c-]c(-c3ccccn3)c2)cc1.CC(C)(C)c1c[c-]c(-c2ccccn2)cc1.COc1cc[c-]c(-c2ccccn2)c1.Cc1c[c-]c(-c2ccccn2)cc1.[Ir].[Ir].[Ir]. The molecule has 0 unspecified atom stereocenters. The van der Waals surface area contributed by atoms with Crippen molar-refractivity contribution >= 4 is 18.2 Å². The molecule has 14 rings (SSSR count). The number of nitrogens with zero attached hydrogens (tertiary/aromatic N) is 6. The van der Waals surface area contributed by atoms with Crippen LogP contribution in [0.5, 0.6) is 11.5 Å². The first-order valence-electron chi connectivity index (χ1n) is 32.2. The first kappa shape index (κ1) is 80.4. The second kappa shape index (κ2) is 43.2. The number of methoxy groups -OCH3 is 1. The van der Waals surface area contributed by atoms with E-state index in [9.17, 15) is 0 Å². The molecule has 0 aliphatic carbocycles. The minimum Gasteiger partial charge on any atom is -0.516 e. The number of hydrogen-bond donors (Lipinski definition) is 0. The fourth-order valence-electron chi connectivity index (χ4n) is 9.49. The van der Waals surface area contributed by atoms with Gasteiger partial charge >= 0.3 is 0 Å². The van der Waals surface area contributed by atoms with E-state index in [0.29, 0.717) is 6.61 Å². The van der Waals surface area contributed by atoms with Crippen LogP contribution in [0.4, 0.5) is 0 Å². The Hall–Kier alpha value is -10.6. The Bertz CT molecular complexity index is 4690. The van der Waals surface area contributed by atoms with Gasteiger partial charge in [-0.05, 0) is 98.2 Å². The van der Waals surface area contributed by atoms with Gasteiger partial charge in [0.2, 0.25) is 0 Å². The number of aromatic nitrogens is 6. The fourth-order valence-corrected chi connectivity index (χ4v) is 9.49. The molecule has 515 valence electrons. The molecule has 3 radical (unpaired) electrons. The summed E-state index contributed by atoms with van der Waals surface area (Å²) in [5, 5.41) is 0. The Morgan fingerprint density at radius 3 is 1.10 bits per heavy atom. The molecule has 0 aliphatic heterocycles. The number of hydrogen-bond acceptors (Lipinski definition) is 8. The normalized spacial score (nSPS) is 9.93. The van der Waals surface area contributed by atoms with Crippen molar-refractivity contribution in [3.05, 3.63) is 394 Å². The molecule has 102 heavy (non-hydrogen) atoms. The van der Waals surface area contributed by atoms with Crippen LogP contribution < -0.4 is 9.47 Å². The van der Waals surface area contributed by atoms with Crippen molar-refractivity contribution in [2.45, 2.75) is 39.7 Å². The van der Waals surface area contributed by atoms with Crippen molar-refractivity contribution in [2.24, 2.45) is 0 Å². The Kier molecular flexibility index (Phi) is 34.0. The molecule has 11 heteroatoms. The number of pyridine rings is 6. The van der Waals surface area contributed by atoms with E-state index in [0.717, 1.165) is 101 Å². The van der Waals surface area contributed by atoms with Gasteiger partial charge in [0.05, 0.1) is 7.11 Å². The van der Waals surface area contributed by atoms with Gasteiger partial charge in [0.25, 0.3) is 0 Å². The quantitative estimate of drug-likeness (QED) is 0.0994. The van der Waals surface area contributed by atoms with Gasteiger partial charge in [-0.2, -0.15) is 0 Å². The Balaban J connectivity index is 0.000000193. The van der Waals surface area contributed by atoms with Crippen LogP contribution in [0.3, 0.4) is 0 Å². The molecule has 6 heterocycles. The summed E-state index contributed by atoms with van der Waals surface area (Å²) in [6, 6.07) is 107. The number of rotatable bonds is 14. The van der Waals surface area contributed by atoms with Gasteiger partial charge in [-0.1, -0.05) is 174 Å². The second-order valence-corrected chi connectivity index (χ2v) is 23.2. The fraction of sp³-hybridized carbons (Fsp3) is 0.0769. The zero-order chi connectivity index (χ0) is 69.3. The van der Waals surface area contributed by atoms with Crippen molar-refractivity contribution < 1.29 is 69.8 Å². The van der Waals surface area contributed by atoms with Crippen LogP contribution in [0.25, 0.3) is 96.9 Å². The van der Waals surface area contributed by atoms with Crippen LogP contribution >= 0.6 is 0 Å². The van der Waals surface area contributed by atoms with E-state index in [1.807, 2.05) is 218 Å². The Labute approximate surface area is 643 Å². The summed E-state index contributed by atoms with van der Waals surface area (Å²) in [5.74, 6) is 1.64. The average molecular weight is 1860 g/mol. The van der Waals surface area contributed by atoms with Crippen LogP contribution in [-0.4, -0.2) is 37.0 Å². The molecule has 8 nitrogen and oxygen atoms in total. The molecule has 6 aromatic heterocycles. The summed E-state index contributed by atoms with van der Waals surface area (Å²) in [5.41, 5.74) is 21.1. The first-order chi connectivity index (χ1) is 48.4. The van der Waals surface area contributed by atoms with E-state index < -0.39 is 0 Å². The van der Waals surface area contributed by atoms with Gasteiger partial charge < -0.3 is 39.4 Å². The second-order valence-electron chi connectivity index (χ2n) is 23.2. The van der Waals surface area contributed by atoms with E-state index in [4.69, 9.17) is 9.47 Å². The molecule has 0 fully saturated rings. The molecule has 0 bridgehead atoms. The summed E-state index contributed by atoms with van der Waals surface area (Å²) in [6.45, 7) is 20.4. The molecular formula is C91H76Ir3N6O2-6. The molecule has 0 atom stereocenters. The van der Waals surface area contributed by atoms with Gasteiger partial charge in [-0.25, -0.2) is 0 Å². The van der Waals surface area contributed by atoms with Gasteiger partial charge in [0, 0.05) is 109 Å². The van der Waals surface area contributed by atoms with Gasteiger partial charge in [0.15, 0.2) is 0 Å². The largest absolute Gasteiger partial charge is 0.516 e. The molecular weight excluding hydrogens is 1790 g/mol. The zero-order valence-corrected chi connectivity index (χ0v) is 64.6. The van der Waals surface area contributed by atoms with Crippen molar-refractivity contribution in [1.82, 2.24) is 29.9 Å². The summed E-state index contributed by atoms with van der Waals surface area (Å²) >= 11 is 0. The third-order valence-electron chi connectivity index (χ3n) is 15.0. The van der Waals surface area contributed by atoms with Gasteiger partial charge in [-0.3, -0.25) is 0 Å². The molecule has 0 amide bonds. The number of aryl methyl sites for hydroxylation is 1.